The number of pyridine rings is 2. The number of carbonyl (C=O) groups excluding carboxylic acids is 1. The van der Waals surface area contributed by atoms with Crippen LogP contribution in [-0.2, 0) is 6.54 Å². The lowest BCUT2D eigenvalue weighted by Gasteiger charge is -2.11. The number of hydrogen-bond donors (Lipinski definition) is 3. The van der Waals surface area contributed by atoms with Crippen LogP contribution in [0.25, 0.3) is 11.1 Å². The molecule has 1 aromatic carbocycles. The highest BCUT2D eigenvalue weighted by Crippen LogP contribution is 2.24. The van der Waals surface area contributed by atoms with Gasteiger partial charge in [0.25, 0.3) is 0 Å². The van der Waals surface area contributed by atoms with Crippen LogP contribution in [0.2, 0.25) is 0 Å². The van der Waals surface area contributed by atoms with E-state index in [4.69, 9.17) is 16.4 Å². The van der Waals surface area contributed by atoms with Crippen molar-refractivity contribution in [2.75, 3.05) is 11.1 Å². The zero-order valence-corrected chi connectivity index (χ0v) is 16.6. The summed E-state index contributed by atoms with van der Waals surface area (Å²) in [5.41, 5.74) is 10.7. The lowest BCUT2D eigenvalue weighted by Crippen LogP contribution is -2.06. The molecule has 7 heteroatoms. The van der Waals surface area contributed by atoms with Crippen LogP contribution in [-0.4, -0.2) is 22.0 Å². The van der Waals surface area contributed by atoms with E-state index in [0.717, 1.165) is 23.1 Å². The molecule has 0 aliphatic heterocycles. The van der Waals surface area contributed by atoms with Crippen molar-refractivity contribution in [1.82, 2.24) is 9.97 Å². The molecule has 0 radical (unpaired) electrons. The number of hydrogen-bond acceptors (Lipinski definition) is 7. The van der Waals surface area contributed by atoms with E-state index in [1.807, 2.05) is 43.3 Å². The summed E-state index contributed by atoms with van der Waals surface area (Å²) in [6.45, 7) is 2.51. The maximum absolute atomic E-state index is 11.2. The van der Waals surface area contributed by atoms with Crippen molar-refractivity contribution in [1.29, 1.82) is 10.7 Å². The number of nitrogens with one attached hydrogen (secondary N) is 2. The smallest absolute Gasteiger partial charge is 0.153 e. The van der Waals surface area contributed by atoms with Crippen molar-refractivity contribution in [2.45, 2.75) is 26.3 Å². The summed E-state index contributed by atoms with van der Waals surface area (Å²) >= 11 is 0. The molecule has 150 valence electrons. The van der Waals surface area contributed by atoms with Gasteiger partial charge in [0, 0.05) is 35.8 Å². The van der Waals surface area contributed by atoms with Gasteiger partial charge in [-0.25, -0.2) is 9.97 Å². The Morgan fingerprint density at radius 3 is 2.63 bits per heavy atom. The van der Waals surface area contributed by atoms with Gasteiger partial charge >= 0.3 is 0 Å². The summed E-state index contributed by atoms with van der Waals surface area (Å²) in [6, 6.07) is 13.3. The van der Waals surface area contributed by atoms with Crippen LogP contribution in [0.3, 0.4) is 0 Å². The summed E-state index contributed by atoms with van der Waals surface area (Å²) in [7, 11) is 0. The van der Waals surface area contributed by atoms with Crippen LogP contribution < -0.4 is 11.1 Å². The van der Waals surface area contributed by atoms with Gasteiger partial charge in [-0.1, -0.05) is 37.6 Å². The molecule has 7 nitrogen and oxygen atoms in total. The first-order valence-electron chi connectivity index (χ1n) is 9.57. The molecule has 4 N–H and O–H groups in total. The largest absolute Gasteiger partial charge is 0.383 e. The molecule has 0 saturated carbocycles. The minimum Gasteiger partial charge on any atom is -0.383 e. The SMILES string of the molecule is CCCC(=N)c1cc(-c2ccc(CNc3ncc(C#N)cc3C=O)cc2)cnc1N. The predicted molar refractivity (Wildman–Crippen MR) is 117 cm³/mol. The second-order valence-corrected chi connectivity index (χ2v) is 6.83. The standard InChI is InChI=1S/C23H22N6O/c1-2-3-21(25)20-9-18(13-27-22(20)26)17-6-4-15(5-7-17)11-28-23-19(14-30)8-16(10-24)12-29-23/h4-9,12-14,25H,2-3,11H2,1H3,(H2,26,27)(H,28,29). The van der Waals surface area contributed by atoms with Crippen molar-refractivity contribution in [3.05, 3.63) is 71.0 Å². The highest BCUT2D eigenvalue weighted by molar-refractivity contribution is 6.02. The normalized spacial score (nSPS) is 10.3. The minimum absolute atomic E-state index is 0.343. The molecular weight excluding hydrogens is 376 g/mol. The van der Waals surface area contributed by atoms with Gasteiger partial charge < -0.3 is 16.5 Å². The van der Waals surface area contributed by atoms with Gasteiger partial charge in [0.2, 0.25) is 0 Å². The maximum atomic E-state index is 11.2. The summed E-state index contributed by atoms with van der Waals surface area (Å²) in [4.78, 5) is 19.6. The monoisotopic (exact) mass is 398 g/mol. The molecular formula is C23H22N6O. The molecule has 2 heterocycles. The van der Waals surface area contributed by atoms with Gasteiger partial charge in [0.1, 0.15) is 17.7 Å². The zero-order chi connectivity index (χ0) is 21.5. The third kappa shape index (κ3) is 4.67. The number of nitrogen functional groups attached to an aromatic ring is 1. The average molecular weight is 398 g/mol. The molecule has 0 saturated heterocycles. The number of benzene rings is 1. The Morgan fingerprint density at radius 1 is 1.20 bits per heavy atom. The number of anilines is 2. The first kappa shape index (κ1) is 20.7. The number of nitrogens with two attached hydrogens (primary N) is 1. The fourth-order valence-corrected chi connectivity index (χ4v) is 3.04. The molecule has 0 aliphatic rings. The van der Waals surface area contributed by atoms with E-state index in [-0.39, 0.29) is 0 Å². The van der Waals surface area contributed by atoms with Crippen LogP contribution in [0.1, 0.15) is 46.8 Å². The Morgan fingerprint density at radius 2 is 1.97 bits per heavy atom. The summed E-state index contributed by atoms with van der Waals surface area (Å²) < 4.78 is 0. The van der Waals surface area contributed by atoms with E-state index in [1.54, 1.807) is 6.20 Å². The third-order valence-corrected chi connectivity index (χ3v) is 4.66. The van der Waals surface area contributed by atoms with Crippen molar-refractivity contribution in [3.8, 4) is 17.2 Å². The number of carbonyl (C=O) groups is 1. The highest BCUT2D eigenvalue weighted by Gasteiger charge is 2.10. The molecule has 0 bridgehead atoms. The number of aldehydes is 1. The second kappa shape index (κ2) is 9.43. The lowest BCUT2D eigenvalue weighted by atomic mass is 10.0. The van der Waals surface area contributed by atoms with E-state index >= 15 is 0 Å². The fraction of sp³-hybridized carbons (Fsp3) is 0.174. The minimum atomic E-state index is 0.343. The molecule has 0 unspecified atom stereocenters. The summed E-state index contributed by atoms with van der Waals surface area (Å²) in [5, 5.41) is 20.2. The number of rotatable bonds is 8. The first-order valence-corrected chi connectivity index (χ1v) is 9.57. The van der Waals surface area contributed by atoms with Crippen LogP contribution in [0.15, 0.2) is 48.8 Å². The maximum Gasteiger partial charge on any atom is 0.153 e. The van der Waals surface area contributed by atoms with Crippen molar-refractivity contribution in [3.63, 3.8) is 0 Å². The van der Waals surface area contributed by atoms with Gasteiger partial charge in [0.15, 0.2) is 6.29 Å². The molecule has 3 rings (SSSR count). The van der Waals surface area contributed by atoms with E-state index in [9.17, 15) is 4.79 Å². The number of nitriles is 1. The van der Waals surface area contributed by atoms with E-state index in [1.165, 1.54) is 12.3 Å². The average Bonchev–Trinajstić information content (AvgIpc) is 2.78. The Balaban J connectivity index is 1.75. The van der Waals surface area contributed by atoms with E-state index in [2.05, 4.69) is 15.3 Å². The van der Waals surface area contributed by atoms with Crippen molar-refractivity contribution >= 4 is 23.6 Å². The zero-order valence-electron chi connectivity index (χ0n) is 16.6. The number of aromatic nitrogens is 2. The van der Waals surface area contributed by atoms with Crippen molar-refractivity contribution in [2.24, 2.45) is 0 Å². The Kier molecular flexibility index (Phi) is 6.50. The summed E-state index contributed by atoms with van der Waals surface area (Å²) in [5.74, 6) is 0.814. The van der Waals surface area contributed by atoms with Crippen LogP contribution in [0.5, 0.6) is 0 Å². The van der Waals surface area contributed by atoms with Crippen LogP contribution in [0.4, 0.5) is 11.6 Å². The lowest BCUT2D eigenvalue weighted by molar-refractivity contribution is 0.112. The fourth-order valence-electron chi connectivity index (χ4n) is 3.04. The van der Waals surface area contributed by atoms with Crippen LogP contribution >= 0.6 is 0 Å². The Labute approximate surface area is 175 Å². The van der Waals surface area contributed by atoms with Gasteiger partial charge in [-0.3, -0.25) is 4.79 Å². The van der Waals surface area contributed by atoms with Gasteiger partial charge in [-0.15, -0.1) is 0 Å². The Hall–Kier alpha value is -4.05. The third-order valence-electron chi connectivity index (χ3n) is 4.66. The molecule has 2 aromatic heterocycles. The summed E-state index contributed by atoms with van der Waals surface area (Å²) in [6.07, 6.45) is 5.36. The van der Waals surface area contributed by atoms with E-state index < -0.39 is 0 Å². The van der Waals surface area contributed by atoms with Crippen molar-refractivity contribution < 1.29 is 4.79 Å². The molecule has 0 amide bonds. The van der Waals surface area contributed by atoms with Crippen LogP contribution in [0, 0.1) is 16.7 Å². The molecule has 0 aliphatic carbocycles. The quantitative estimate of drug-likeness (QED) is 0.385. The molecule has 3 aromatic rings. The first-order chi connectivity index (χ1) is 14.5. The molecule has 0 spiro atoms. The van der Waals surface area contributed by atoms with Gasteiger partial charge in [-0.05, 0) is 29.7 Å². The highest BCUT2D eigenvalue weighted by atomic mass is 16.1. The number of nitrogens with zero attached hydrogens (tertiary/aromatic N) is 3. The molecule has 0 fully saturated rings. The molecule has 0 atom stereocenters. The topological polar surface area (TPSA) is 129 Å². The van der Waals surface area contributed by atoms with Gasteiger partial charge in [-0.2, -0.15) is 5.26 Å². The Bertz CT molecular complexity index is 1120. The predicted octanol–water partition coefficient (Wildman–Crippen LogP) is 4.19. The van der Waals surface area contributed by atoms with E-state index in [0.29, 0.717) is 53.3 Å². The second-order valence-electron chi connectivity index (χ2n) is 6.83. The van der Waals surface area contributed by atoms with Gasteiger partial charge in [0.05, 0.1) is 11.1 Å². The molecule has 30 heavy (non-hydrogen) atoms.